The molecule has 1 amide bonds. The maximum absolute atomic E-state index is 12.2. The van der Waals surface area contributed by atoms with E-state index in [0.717, 1.165) is 12.8 Å². The van der Waals surface area contributed by atoms with Crippen molar-refractivity contribution in [3.05, 3.63) is 23.9 Å². The van der Waals surface area contributed by atoms with Gasteiger partial charge in [0, 0.05) is 0 Å². The topological polar surface area (TPSA) is 119 Å². The van der Waals surface area contributed by atoms with Crippen molar-refractivity contribution in [2.24, 2.45) is 5.92 Å². The third-order valence-electron chi connectivity index (χ3n) is 3.90. The van der Waals surface area contributed by atoms with Gasteiger partial charge in [0.1, 0.15) is 11.2 Å². The van der Waals surface area contributed by atoms with Crippen LogP contribution in [0.25, 0.3) is 0 Å². The second-order valence-electron chi connectivity index (χ2n) is 5.77. The zero-order valence-electron chi connectivity index (χ0n) is 11.8. The summed E-state index contributed by atoms with van der Waals surface area (Å²) in [4.78, 5) is 20.5. The molecule has 0 saturated heterocycles. The van der Waals surface area contributed by atoms with E-state index in [0.29, 0.717) is 24.2 Å². The molecule has 0 atom stereocenters. The van der Waals surface area contributed by atoms with E-state index in [1.807, 2.05) is 0 Å². The Kier molecular flexibility index (Phi) is 2.98. The summed E-state index contributed by atoms with van der Waals surface area (Å²) < 4.78 is 5.50. The highest BCUT2D eigenvalue weighted by Crippen LogP contribution is 2.43. The molecule has 9 heteroatoms. The Morgan fingerprint density at radius 1 is 1.36 bits per heavy atom. The number of ether oxygens (including phenoxy) is 1. The van der Waals surface area contributed by atoms with Crippen LogP contribution in [0.3, 0.4) is 0 Å². The Morgan fingerprint density at radius 3 is 2.82 bits per heavy atom. The van der Waals surface area contributed by atoms with E-state index in [2.05, 4.69) is 35.9 Å². The predicted molar refractivity (Wildman–Crippen MR) is 72.8 cm³/mol. The zero-order valence-corrected chi connectivity index (χ0v) is 11.8. The minimum atomic E-state index is -0.521. The number of aromatic nitrogens is 6. The summed E-state index contributed by atoms with van der Waals surface area (Å²) in [6.07, 6.45) is 6.90. The SMILES string of the molecule is O=C(NC1(c2nn[nH]n2)CC1)c1cnc(OCC2CC2)cn1. The molecule has 2 aromatic heterocycles. The molecule has 4 rings (SSSR count). The number of hydrogen-bond acceptors (Lipinski definition) is 7. The van der Waals surface area contributed by atoms with Crippen LogP contribution in [0, 0.1) is 5.92 Å². The van der Waals surface area contributed by atoms with Crippen LogP contribution in [0.1, 0.15) is 42.0 Å². The Morgan fingerprint density at radius 2 is 2.23 bits per heavy atom. The minimum absolute atomic E-state index is 0.244. The number of H-pyrrole nitrogens is 1. The molecule has 114 valence electrons. The van der Waals surface area contributed by atoms with Crippen LogP contribution in [0.5, 0.6) is 5.88 Å². The van der Waals surface area contributed by atoms with Gasteiger partial charge in [0.25, 0.3) is 5.91 Å². The van der Waals surface area contributed by atoms with E-state index >= 15 is 0 Å². The highest BCUT2D eigenvalue weighted by Gasteiger charge is 2.49. The fourth-order valence-corrected chi connectivity index (χ4v) is 2.17. The molecule has 2 N–H and O–H groups in total. The van der Waals surface area contributed by atoms with E-state index in [-0.39, 0.29) is 11.6 Å². The van der Waals surface area contributed by atoms with Gasteiger partial charge in [-0.25, -0.2) is 9.97 Å². The lowest BCUT2D eigenvalue weighted by atomic mass is 10.2. The lowest BCUT2D eigenvalue weighted by Crippen LogP contribution is -2.36. The number of aromatic amines is 1. The van der Waals surface area contributed by atoms with E-state index in [4.69, 9.17) is 4.74 Å². The molecular formula is C13H15N7O2. The number of tetrazole rings is 1. The standard InChI is InChI=1S/C13H15N7O2/c21-11(16-13(3-4-13)12-17-19-20-18-12)9-5-15-10(6-14-9)22-7-8-1-2-8/h5-6,8H,1-4,7H2,(H,16,21)(H,17,18,19,20). The molecule has 2 fully saturated rings. The van der Waals surface area contributed by atoms with Crippen molar-refractivity contribution < 1.29 is 9.53 Å². The van der Waals surface area contributed by atoms with Crippen LogP contribution >= 0.6 is 0 Å². The highest BCUT2D eigenvalue weighted by atomic mass is 16.5. The number of nitrogens with one attached hydrogen (secondary N) is 2. The lowest BCUT2D eigenvalue weighted by molar-refractivity contribution is 0.0923. The molecule has 0 spiro atoms. The van der Waals surface area contributed by atoms with E-state index < -0.39 is 5.54 Å². The summed E-state index contributed by atoms with van der Waals surface area (Å²) in [5, 5.41) is 16.7. The van der Waals surface area contributed by atoms with Crippen molar-refractivity contribution in [2.45, 2.75) is 31.2 Å². The predicted octanol–water partition coefficient (Wildman–Crippen LogP) is 0.198. The van der Waals surface area contributed by atoms with Crippen molar-refractivity contribution in [3.8, 4) is 5.88 Å². The van der Waals surface area contributed by atoms with Gasteiger partial charge in [0.2, 0.25) is 5.88 Å². The molecule has 2 saturated carbocycles. The number of rotatable bonds is 6. The third kappa shape index (κ3) is 2.61. The summed E-state index contributed by atoms with van der Waals surface area (Å²) in [7, 11) is 0. The van der Waals surface area contributed by atoms with Crippen LogP contribution < -0.4 is 10.1 Å². The van der Waals surface area contributed by atoms with Gasteiger partial charge in [-0.1, -0.05) is 5.21 Å². The second-order valence-corrected chi connectivity index (χ2v) is 5.77. The van der Waals surface area contributed by atoms with Crippen LogP contribution in [0.4, 0.5) is 0 Å². The average molecular weight is 301 g/mol. The molecule has 0 unspecified atom stereocenters. The fourth-order valence-electron chi connectivity index (χ4n) is 2.17. The van der Waals surface area contributed by atoms with Crippen LogP contribution in [0.2, 0.25) is 0 Å². The van der Waals surface area contributed by atoms with Gasteiger partial charge in [-0.15, -0.1) is 10.2 Å². The van der Waals surface area contributed by atoms with Crippen molar-refractivity contribution in [1.82, 2.24) is 35.9 Å². The molecule has 0 aliphatic heterocycles. The molecular weight excluding hydrogens is 286 g/mol. The second kappa shape index (κ2) is 5.00. The van der Waals surface area contributed by atoms with Crippen LogP contribution in [-0.2, 0) is 5.54 Å². The first-order valence-electron chi connectivity index (χ1n) is 7.26. The fraction of sp³-hybridized carbons (Fsp3) is 0.538. The van der Waals surface area contributed by atoms with Gasteiger partial charge in [-0.2, -0.15) is 5.21 Å². The van der Waals surface area contributed by atoms with Gasteiger partial charge < -0.3 is 10.1 Å². The average Bonchev–Trinajstić information content (AvgIpc) is 3.46. The monoisotopic (exact) mass is 301 g/mol. The molecule has 9 nitrogen and oxygen atoms in total. The third-order valence-corrected chi connectivity index (χ3v) is 3.90. The van der Waals surface area contributed by atoms with E-state index in [1.165, 1.54) is 25.2 Å². The van der Waals surface area contributed by atoms with E-state index in [9.17, 15) is 4.79 Å². The van der Waals surface area contributed by atoms with Gasteiger partial charge in [-0.3, -0.25) is 4.79 Å². The number of carbonyl (C=O) groups excluding carboxylic acids is 1. The normalized spacial score (nSPS) is 18.7. The summed E-state index contributed by atoms with van der Waals surface area (Å²) in [5.74, 6) is 1.29. The van der Waals surface area contributed by atoms with Crippen molar-refractivity contribution in [3.63, 3.8) is 0 Å². The molecule has 2 aliphatic rings. The van der Waals surface area contributed by atoms with Gasteiger partial charge in [0.15, 0.2) is 5.82 Å². The summed E-state index contributed by atoms with van der Waals surface area (Å²) in [6, 6.07) is 0. The van der Waals surface area contributed by atoms with Crippen molar-refractivity contribution >= 4 is 5.91 Å². The van der Waals surface area contributed by atoms with E-state index in [1.54, 1.807) is 0 Å². The molecule has 22 heavy (non-hydrogen) atoms. The molecule has 2 heterocycles. The van der Waals surface area contributed by atoms with Gasteiger partial charge >= 0.3 is 0 Å². The Bertz CT molecular complexity index is 662. The van der Waals surface area contributed by atoms with Crippen LogP contribution in [0.15, 0.2) is 12.4 Å². The van der Waals surface area contributed by atoms with Gasteiger partial charge in [-0.05, 0) is 31.6 Å². The van der Waals surface area contributed by atoms with Crippen molar-refractivity contribution in [2.75, 3.05) is 6.61 Å². The van der Waals surface area contributed by atoms with Crippen LogP contribution in [-0.4, -0.2) is 43.1 Å². The smallest absolute Gasteiger partial charge is 0.272 e. The molecule has 0 bridgehead atoms. The maximum atomic E-state index is 12.2. The Balaban J connectivity index is 1.40. The molecule has 2 aliphatic carbocycles. The number of nitrogens with zero attached hydrogens (tertiary/aromatic N) is 5. The molecule has 0 radical (unpaired) electrons. The van der Waals surface area contributed by atoms with Gasteiger partial charge in [0.05, 0.1) is 19.0 Å². The summed E-state index contributed by atoms with van der Waals surface area (Å²) in [5.41, 5.74) is -0.277. The quantitative estimate of drug-likeness (QED) is 0.782. The number of amides is 1. The molecule has 2 aromatic rings. The first kappa shape index (κ1) is 13.1. The Labute approximate surface area is 125 Å². The van der Waals surface area contributed by atoms with Crippen molar-refractivity contribution in [1.29, 1.82) is 0 Å². The summed E-state index contributed by atoms with van der Waals surface area (Å²) >= 11 is 0. The number of carbonyl (C=O) groups is 1. The maximum Gasteiger partial charge on any atom is 0.272 e. The number of hydrogen-bond donors (Lipinski definition) is 2. The first-order chi connectivity index (χ1) is 10.8. The minimum Gasteiger partial charge on any atom is -0.476 e. The Hall–Kier alpha value is -2.58. The highest BCUT2D eigenvalue weighted by molar-refractivity contribution is 5.92. The molecule has 0 aromatic carbocycles. The summed E-state index contributed by atoms with van der Waals surface area (Å²) in [6.45, 7) is 0.668. The first-order valence-corrected chi connectivity index (χ1v) is 7.26. The zero-order chi connectivity index (χ0) is 15.0. The largest absolute Gasteiger partial charge is 0.476 e. The lowest BCUT2D eigenvalue weighted by Gasteiger charge is -2.12.